The van der Waals surface area contributed by atoms with Crippen molar-refractivity contribution in [1.29, 1.82) is 0 Å². The van der Waals surface area contributed by atoms with Crippen molar-refractivity contribution in [2.24, 2.45) is 5.92 Å². The highest BCUT2D eigenvalue weighted by Gasteiger charge is 2.13. The summed E-state index contributed by atoms with van der Waals surface area (Å²) in [5.41, 5.74) is 0. The summed E-state index contributed by atoms with van der Waals surface area (Å²) >= 11 is 0. The molecule has 0 aliphatic rings. The Morgan fingerprint density at radius 1 is 1.42 bits per heavy atom. The molecule has 0 fully saturated rings. The third-order valence-electron chi connectivity index (χ3n) is 1.41. The molecule has 0 rings (SSSR count). The zero-order valence-electron chi connectivity index (χ0n) is 8.13. The smallest absolute Gasteiger partial charge is 0.310 e. The Morgan fingerprint density at radius 2 is 2.08 bits per heavy atom. The summed E-state index contributed by atoms with van der Waals surface area (Å²) in [6.45, 7) is 7.27. The minimum absolute atomic E-state index is 0.142. The molecule has 0 spiro atoms. The summed E-state index contributed by atoms with van der Waals surface area (Å²) in [5, 5.41) is 0. The van der Waals surface area contributed by atoms with E-state index in [2.05, 4.69) is 0 Å². The first kappa shape index (κ1) is 11.4. The first-order chi connectivity index (χ1) is 5.72. The van der Waals surface area contributed by atoms with E-state index in [1.165, 1.54) is 0 Å². The molecule has 0 radical (unpaired) electrons. The van der Waals surface area contributed by atoms with Gasteiger partial charge in [-0.25, -0.2) is 0 Å². The fourth-order valence-electron chi connectivity index (χ4n) is 0.757. The molecule has 0 aromatic heterocycles. The third kappa shape index (κ3) is 5.13. The number of hydrogen-bond donors (Lipinski definition) is 0. The molecule has 0 N–H and O–H groups in total. The van der Waals surface area contributed by atoms with Crippen LogP contribution in [-0.2, 0) is 14.3 Å². The minimum atomic E-state index is -0.173. The van der Waals surface area contributed by atoms with Crippen LogP contribution in [0.5, 0.6) is 0 Å². The van der Waals surface area contributed by atoms with Crippen LogP contribution < -0.4 is 0 Å². The van der Waals surface area contributed by atoms with Gasteiger partial charge in [-0.15, -0.1) is 0 Å². The highest BCUT2D eigenvalue weighted by molar-refractivity contribution is 5.72. The molecule has 3 heteroatoms. The predicted molar refractivity (Wildman–Crippen MR) is 46.9 cm³/mol. The van der Waals surface area contributed by atoms with Gasteiger partial charge in [0, 0.05) is 6.61 Å². The van der Waals surface area contributed by atoms with Crippen LogP contribution in [0.15, 0.2) is 0 Å². The second kappa shape index (κ2) is 7.10. The lowest BCUT2D eigenvalue weighted by atomic mass is 10.2. The SMILES string of the molecule is CCCOCC(C)C(=O)OCC. The zero-order chi connectivity index (χ0) is 9.40. The highest BCUT2D eigenvalue weighted by Crippen LogP contribution is 1.99. The number of hydrogen-bond acceptors (Lipinski definition) is 3. The van der Waals surface area contributed by atoms with Gasteiger partial charge in [0.1, 0.15) is 0 Å². The van der Waals surface area contributed by atoms with Gasteiger partial charge in [0.15, 0.2) is 0 Å². The Kier molecular flexibility index (Phi) is 6.76. The fourth-order valence-corrected chi connectivity index (χ4v) is 0.757. The molecule has 3 nitrogen and oxygen atoms in total. The van der Waals surface area contributed by atoms with Crippen LogP contribution in [0.25, 0.3) is 0 Å². The molecule has 0 saturated carbocycles. The van der Waals surface area contributed by atoms with Gasteiger partial charge in [0.25, 0.3) is 0 Å². The maximum Gasteiger partial charge on any atom is 0.310 e. The third-order valence-corrected chi connectivity index (χ3v) is 1.41. The van der Waals surface area contributed by atoms with Gasteiger partial charge in [0.05, 0.1) is 19.1 Å². The topological polar surface area (TPSA) is 35.5 Å². The molecule has 0 bridgehead atoms. The van der Waals surface area contributed by atoms with Gasteiger partial charge in [-0.05, 0) is 20.3 Å². The Labute approximate surface area is 74.0 Å². The molecular formula is C9H18O3. The van der Waals surface area contributed by atoms with Crippen molar-refractivity contribution in [1.82, 2.24) is 0 Å². The molecular weight excluding hydrogens is 156 g/mol. The molecule has 0 aromatic rings. The lowest BCUT2D eigenvalue weighted by molar-refractivity contribution is -0.149. The van der Waals surface area contributed by atoms with E-state index in [1.54, 1.807) is 6.92 Å². The van der Waals surface area contributed by atoms with Gasteiger partial charge in [-0.1, -0.05) is 6.92 Å². The molecule has 0 aromatic carbocycles. The Morgan fingerprint density at radius 3 is 2.58 bits per heavy atom. The molecule has 0 aliphatic heterocycles. The second-order valence-electron chi connectivity index (χ2n) is 2.73. The van der Waals surface area contributed by atoms with Crippen LogP contribution in [0.3, 0.4) is 0 Å². The quantitative estimate of drug-likeness (QED) is 0.453. The van der Waals surface area contributed by atoms with Gasteiger partial charge in [-0.2, -0.15) is 0 Å². The summed E-state index contributed by atoms with van der Waals surface area (Å²) in [6.07, 6.45) is 0.982. The minimum Gasteiger partial charge on any atom is -0.466 e. The number of ether oxygens (including phenoxy) is 2. The number of carbonyl (C=O) groups excluding carboxylic acids is 1. The first-order valence-corrected chi connectivity index (χ1v) is 4.46. The summed E-state index contributed by atoms with van der Waals surface area (Å²) < 4.78 is 10.0. The summed E-state index contributed by atoms with van der Waals surface area (Å²) in [6, 6.07) is 0. The van der Waals surface area contributed by atoms with Crippen LogP contribution in [0.1, 0.15) is 27.2 Å². The monoisotopic (exact) mass is 174 g/mol. The van der Waals surface area contributed by atoms with E-state index in [9.17, 15) is 4.79 Å². The number of carbonyl (C=O) groups is 1. The van der Waals surface area contributed by atoms with Gasteiger partial charge in [0.2, 0.25) is 0 Å². The van der Waals surface area contributed by atoms with Crippen molar-refractivity contribution in [3.8, 4) is 0 Å². The van der Waals surface area contributed by atoms with Crippen molar-refractivity contribution >= 4 is 5.97 Å². The van der Waals surface area contributed by atoms with Crippen LogP contribution in [-0.4, -0.2) is 25.8 Å². The largest absolute Gasteiger partial charge is 0.466 e. The van der Waals surface area contributed by atoms with Crippen molar-refractivity contribution in [3.05, 3.63) is 0 Å². The molecule has 0 aliphatic carbocycles. The molecule has 1 unspecified atom stereocenters. The van der Waals surface area contributed by atoms with E-state index in [0.717, 1.165) is 6.42 Å². The summed E-state index contributed by atoms with van der Waals surface area (Å²) in [4.78, 5) is 11.0. The second-order valence-corrected chi connectivity index (χ2v) is 2.73. The maximum absolute atomic E-state index is 11.0. The summed E-state index contributed by atoms with van der Waals surface area (Å²) in [7, 11) is 0. The Bertz CT molecular complexity index is 123. The van der Waals surface area contributed by atoms with E-state index in [1.807, 2.05) is 13.8 Å². The van der Waals surface area contributed by atoms with Crippen molar-refractivity contribution in [2.75, 3.05) is 19.8 Å². The zero-order valence-corrected chi connectivity index (χ0v) is 8.13. The lowest BCUT2D eigenvalue weighted by Crippen LogP contribution is -2.19. The number of rotatable bonds is 6. The fraction of sp³-hybridized carbons (Fsp3) is 0.889. The van der Waals surface area contributed by atoms with E-state index in [0.29, 0.717) is 19.8 Å². The normalized spacial score (nSPS) is 12.6. The lowest BCUT2D eigenvalue weighted by Gasteiger charge is -2.09. The van der Waals surface area contributed by atoms with Crippen molar-refractivity contribution < 1.29 is 14.3 Å². The first-order valence-electron chi connectivity index (χ1n) is 4.46. The molecule has 0 amide bonds. The Balaban J connectivity index is 3.42. The average molecular weight is 174 g/mol. The van der Waals surface area contributed by atoms with E-state index in [4.69, 9.17) is 9.47 Å². The van der Waals surface area contributed by atoms with E-state index < -0.39 is 0 Å². The van der Waals surface area contributed by atoms with Crippen LogP contribution >= 0.6 is 0 Å². The van der Waals surface area contributed by atoms with Gasteiger partial charge >= 0.3 is 5.97 Å². The average Bonchev–Trinajstić information content (AvgIpc) is 2.05. The molecule has 72 valence electrons. The predicted octanol–water partition coefficient (Wildman–Crippen LogP) is 1.61. The van der Waals surface area contributed by atoms with Crippen LogP contribution in [0, 0.1) is 5.92 Å². The van der Waals surface area contributed by atoms with Crippen molar-refractivity contribution in [3.63, 3.8) is 0 Å². The maximum atomic E-state index is 11.0. The van der Waals surface area contributed by atoms with Gasteiger partial charge < -0.3 is 9.47 Å². The Hall–Kier alpha value is -0.570. The summed E-state index contributed by atoms with van der Waals surface area (Å²) in [5.74, 6) is -0.315. The molecule has 1 atom stereocenters. The van der Waals surface area contributed by atoms with Crippen LogP contribution in [0.4, 0.5) is 0 Å². The highest BCUT2D eigenvalue weighted by atomic mass is 16.5. The van der Waals surface area contributed by atoms with E-state index >= 15 is 0 Å². The number of esters is 1. The van der Waals surface area contributed by atoms with Gasteiger partial charge in [-0.3, -0.25) is 4.79 Å². The van der Waals surface area contributed by atoms with E-state index in [-0.39, 0.29) is 11.9 Å². The van der Waals surface area contributed by atoms with Crippen LogP contribution in [0.2, 0.25) is 0 Å². The molecule has 12 heavy (non-hydrogen) atoms. The molecule has 0 heterocycles. The van der Waals surface area contributed by atoms with Crippen molar-refractivity contribution in [2.45, 2.75) is 27.2 Å². The standard InChI is InChI=1S/C9H18O3/c1-4-6-11-7-8(3)9(10)12-5-2/h8H,4-7H2,1-3H3. The molecule has 0 saturated heterocycles.